The van der Waals surface area contributed by atoms with Crippen LogP contribution in [0.5, 0.6) is 0 Å². The maximum atomic E-state index is 13.0. The van der Waals surface area contributed by atoms with Gasteiger partial charge in [-0.15, -0.1) is 0 Å². The van der Waals surface area contributed by atoms with Crippen molar-refractivity contribution in [3.8, 4) is 0 Å². The number of carbonyl (C=O) groups excluding carboxylic acids is 1. The molecule has 0 heterocycles. The maximum absolute atomic E-state index is 13.0. The first-order chi connectivity index (χ1) is 6.06. The highest BCUT2D eigenvalue weighted by atomic mass is 19.1. The number of ether oxygens (including phenoxy) is 1. The average molecular weight is 183 g/mol. The van der Waals surface area contributed by atoms with Gasteiger partial charge in [0.15, 0.2) is 0 Å². The van der Waals surface area contributed by atoms with Gasteiger partial charge in [-0.2, -0.15) is 0 Å². The van der Waals surface area contributed by atoms with Crippen LogP contribution in [0.3, 0.4) is 0 Å². The molecular weight excluding hydrogens is 173 g/mol. The number of nitrogen functional groups attached to an aromatic ring is 1. The van der Waals surface area contributed by atoms with E-state index in [4.69, 9.17) is 5.73 Å². The van der Waals surface area contributed by atoms with Gasteiger partial charge in [0, 0.05) is 0 Å². The molecular formula is C9H10FNO2. The molecule has 13 heavy (non-hydrogen) atoms. The summed E-state index contributed by atoms with van der Waals surface area (Å²) in [5.74, 6) is -1.01. The summed E-state index contributed by atoms with van der Waals surface area (Å²) in [5.41, 5.74) is 5.89. The molecule has 0 radical (unpaired) electrons. The zero-order chi connectivity index (χ0) is 10.0. The summed E-state index contributed by atoms with van der Waals surface area (Å²) in [6, 6.07) is 2.66. The fourth-order valence-electron chi connectivity index (χ4n) is 1.03. The quantitative estimate of drug-likeness (QED) is 0.530. The van der Waals surface area contributed by atoms with Gasteiger partial charge in [-0.1, -0.05) is 0 Å². The number of carbonyl (C=O) groups is 1. The standard InChI is InChI=1S/C9H10FNO2/c1-5-3-6(9(12)13-2)4-7(11)8(5)10/h3-4H,11H2,1-2H3. The van der Waals surface area contributed by atoms with E-state index in [1.165, 1.54) is 26.2 Å². The second kappa shape index (κ2) is 3.43. The minimum atomic E-state index is -0.519. The van der Waals surface area contributed by atoms with Gasteiger partial charge in [0.05, 0.1) is 18.4 Å². The number of esters is 1. The molecule has 0 saturated heterocycles. The molecule has 4 heteroatoms. The summed E-state index contributed by atoms with van der Waals surface area (Å²) in [5, 5.41) is 0. The monoisotopic (exact) mass is 183 g/mol. The second-order valence-electron chi connectivity index (χ2n) is 2.69. The Bertz CT molecular complexity index is 326. The van der Waals surface area contributed by atoms with E-state index in [0.717, 1.165) is 0 Å². The number of anilines is 1. The van der Waals surface area contributed by atoms with Crippen molar-refractivity contribution in [3.63, 3.8) is 0 Å². The number of hydrogen-bond donors (Lipinski definition) is 1. The lowest BCUT2D eigenvalue weighted by Crippen LogP contribution is -2.04. The third-order valence-electron chi connectivity index (χ3n) is 1.70. The highest BCUT2D eigenvalue weighted by molar-refractivity contribution is 5.90. The summed E-state index contributed by atoms with van der Waals surface area (Å²) in [7, 11) is 1.26. The van der Waals surface area contributed by atoms with E-state index in [0.29, 0.717) is 5.56 Å². The summed E-state index contributed by atoms with van der Waals surface area (Å²) in [4.78, 5) is 11.0. The summed E-state index contributed by atoms with van der Waals surface area (Å²) in [6.45, 7) is 1.54. The normalized spacial score (nSPS) is 9.77. The molecule has 0 unspecified atom stereocenters. The molecule has 0 aliphatic rings. The van der Waals surface area contributed by atoms with Crippen LogP contribution in [0.4, 0.5) is 10.1 Å². The Morgan fingerprint density at radius 1 is 1.54 bits per heavy atom. The van der Waals surface area contributed by atoms with Crippen molar-refractivity contribution in [2.24, 2.45) is 0 Å². The summed E-state index contributed by atoms with van der Waals surface area (Å²) >= 11 is 0. The Balaban J connectivity index is 3.20. The molecule has 1 aromatic rings. The second-order valence-corrected chi connectivity index (χ2v) is 2.69. The van der Waals surface area contributed by atoms with Gasteiger partial charge < -0.3 is 10.5 Å². The van der Waals surface area contributed by atoms with Crippen LogP contribution < -0.4 is 5.73 Å². The molecule has 70 valence electrons. The van der Waals surface area contributed by atoms with Crippen molar-refractivity contribution >= 4 is 11.7 Å². The first-order valence-electron chi connectivity index (χ1n) is 3.70. The molecule has 1 aromatic carbocycles. The number of aryl methyl sites for hydroxylation is 1. The predicted octanol–water partition coefficient (Wildman–Crippen LogP) is 1.50. The molecule has 1 rings (SSSR count). The van der Waals surface area contributed by atoms with E-state index in [2.05, 4.69) is 4.74 Å². The third kappa shape index (κ3) is 1.77. The van der Waals surface area contributed by atoms with Crippen LogP contribution in [-0.2, 0) is 4.74 Å². The Kier molecular flexibility index (Phi) is 2.51. The van der Waals surface area contributed by atoms with E-state index < -0.39 is 11.8 Å². The maximum Gasteiger partial charge on any atom is 0.337 e. The third-order valence-corrected chi connectivity index (χ3v) is 1.70. The van der Waals surface area contributed by atoms with E-state index in [1.54, 1.807) is 0 Å². The largest absolute Gasteiger partial charge is 0.465 e. The van der Waals surface area contributed by atoms with Gasteiger partial charge in [0.25, 0.3) is 0 Å². The van der Waals surface area contributed by atoms with Gasteiger partial charge in [-0.25, -0.2) is 9.18 Å². The highest BCUT2D eigenvalue weighted by Crippen LogP contribution is 2.17. The van der Waals surface area contributed by atoms with Gasteiger partial charge in [-0.05, 0) is 24.6 Å². The zero-order valence-corrected chi connectivity index (χ0v) is 7.43. The predicted molar refractivity (Wildman–Crippen MR) is 46.9 cm³/mol. The first-order valence-corrected chi connectivity index (χ1v) is 3.70. The Labute approximate surface area is 75.3 Å². The number of benzene rings is 1. The zero-order valence-electron chi connectivity index (χ0n) is 7.43. The minimum Gasteiger partial charge on any atom is -0.465 e. The van der Waals surface area contributed by atoms with Crippen LogP contribution in [0.2, 0.25) is 0 Å². The lowest BCUT2D eigenvalue weighted by molar-refractivity contribution is 0.0600. The molecule has 0 spiro atoms. The first kappa shape index (κ1) is 9.51. The number of nitrogens with two attached hydrogens (primary N) is 1. The molecule has 0 fully saturated rings. The van der Waals surface area contributed by atoms with Crippen LogP contribution >= 0.6 is 0 Å². The molecule has 0 aromatic heterocycles. The van der Waals surface area contributed by atoms with E-state index in [9.17, 15) is 9.18 Å². The topological polar surface area (TPSA) is 52.3 Å². The molecule has 0 amide bonds. The molecule has 0 bridgehead atoms. The van der Waals surface area contributed by atoms with Crippen molar-refractivity contribution in [2.45, 2.75) is 6.92 Å². The van der Waals surface area contributed by atoms with Crippen LogP contribution in [0, 0.1) is 12.7 Å². The summed E-state index contributed by atoms with van der Waals surface area (Å²) < 4.78 is 17.5. The number of rotatable bonds is 1. The molecule has 0 atom stereocenters. The molecule has 2 N–H and O–H groups in total. The highest BCUT2D eigenvalue weighted by Gasteiger charge is 2.10. The SMILES string of the molecule is COC(=O)c1cc(C)c(F)c(N)c1. The van der Waals surface area contributed by atoms with Crippen molar-refractivity contribution in [1.82, 2.24) is 0 Å². The molecule has 0 aliphatic heterocycles. The minimum absolute atomic E-state index is 0.0413. The Morgan fingerprint density at radius 3 is 2.62 bits per heavy atom. The van der Waals surface area contributed by atoms with Crippen molar-refractivity contribution in [2.75, 3.05) is 12.8 Å². The van der Waals surface area contributed by atoms with Gasteiger partial charge >= 0.3 is 5.97 Å². The smallest absolute Gasteiger partial charge is 0.337 e. The number of hydrogen-bond acceptors (Lipinski definition) is 3. The lowest BCUT2D eigenvalue weighted by atomic mass is 10.1. The Morgan fingerprint density at radius 2 is 2.15 bits per heavy atom. The summed E-state index contributed by atoms with van der Waals surface area (Å²) in [6.07, 6.45) is 0. The van der Waals surface area contributed by atoms with Crippen LogP contribution in [0.15, 0.2) is 12.1 Å². The van der Waals surface area contributed by atoms with Crippen molar-refractivity contribution < 1.29 is 13.9 Å². The van der Waals surface area contributed by atoms with Crippen molar-refractivity contribution in [1.29, 1.82) is 0 Å². The molecule has 0 saturated carbocycles. The van der Waals surface area contributed by atoms with E-state index >= 15 is 0 Å². The average Bonchev–Trinajstić information content (AvgIpc) is 2.12. The fourth-order valence-corrected chi connectivity index (χ4v) is 1.03. The Hall–Kier alpha value is -1.58. The van der Waals surface area contributed by atoms with Gasteiger partial charge in [-0.3, -0.25) is 0 Å². The number of halogens is 1. The van der Waals surface area contributed by atoms with Crippen LogP contribution in [0.1, 0.15) is 15.9 Å². The van der Waals surface area contributed by atoms with E-state index in [1.807, 2.05) is 0 Å². The molecule has 3 nitrogen and oxygen atoms in total. The van der Waals surface area contributed by atoms with Gasteiger partial charge in [0.2, 0.25) is 0 Å². The van der Waals surface area contributed by atoms with Crippen LogP contribution in [-0.4, -0.2) is 13.1 Å². The van der Waals surface area contributed by atoms with E-state index in [-0.39, 0.29) is 11.3 Å². The fraction of sp³-hybridized carbons (Fsp3) is 0.222. The lowest BCUT2D eigenvalue weighted by Gasteiger charge is -2.04. The molecule has 0 aliphatic carbocycles. The van der Waals surface area contributed by atoms with Crippen LogP contribution in [0.25, 0.3) is 0 Å². The van der Waals surface area contributed by atoms with Crippen molar-refractivity contribution in [3.05, 3.63) is 29.1 Å². The van der Waals surface area contributed by atoms with Gasteiger partial charge in [0.1, 0.15) is 5.82 Å². The number of methoxy groups -OCH3 is 1.